The largest absolute Gasteiger partial charge is 0.478 e. The summed E-state index contributed by atoms with van der Waals surface area (Å²) in [5, 5.41) is 39.3. The minimum Gasteiger partial charge on any atom is -0.478 e. The van der Waals surface area contributed by atoms with Gasteiger partial charge in [0.1, 0.15) is 0 Å². The highest BCUT2D eigenvalue weighted by Crippen LogP contribution is 2.69. The molecule has 3 saturated carbocycles. The first-order valence-corrected chi connectivity index (χ1v) is 14.9. The summed E-state index contributed by atoms with van der Waals surface area (Å²) in [6.07, 6.45) is 5.89. The summed E-state index contributed by atoms with van der Waals surface area (Å²) in [6.45, 7) is 7.26. The van der Waals surface area contributed by atoms with E-state index < -0.39 is 33.5 Å². The summed E-state index contributed by atoms with van der Waals surface area (Å²) in [5.41, 5.74) is -2.78. The number of benzene rings is 1. The van der Waals surface area contributed by atoms with Gasteiger partial charge in [0.2, 0.25) is 5.91 Å². The highest BCUT2D eigenvalue weighted by molar-refractivity contribution is 6.01. The van der Waals surface area contributed by atoms with Crippen LogP contribution in [0.25, 0.3) is 0 Å². The molecule has 4 fully saturated rings. The standard InChI is InChI=1S/C25H34FNO4.C7H5NO4/c1-14-8-20-17-4-5-18(22(31)27-11-15(12-27)13-28)23(17,2)10-21(30)25(20,26)24(3)7-6-16(29)9-19(14)24;9-7(10)5-2-1-3-6(4-5)8(11)12/h6-7,9,14-15,17-18,20-21,28,30H,4-5,8,10-13H2,1-3H3;1-4H,(H,9,10)/t14-,17?,18?,20?,21?,23?,24?,25-;/m0./s1. The molecule has 43 heavy (non-hydrogen) atoms. The van der Waals surface area contributed by atoms with Gasteiger partial charge in [0, 0.05) is 55.0 Å². The third-order valence-electron chi connectivity index (χ3n) is 11.1. The molecule has 10 nitrogen and oxygen atoms in total. The van der Waals surface area contributed by atoms with E-state index in [1.54, 1.807) is 12.2 Å². The third kappa shape index (κ3) is 4.81. The number of hydrogen-bond donors (Lipinski definition) is 3. The first-order valence-electron chi connectivity index (χ1n) is 14.9. The molecule has 5 aliphatic rings. The fourth-order valence-electron chi connectivity index (χ4n) is 8.84. The van der Waals surface area contributed by atoms with E-state index in [2.05, 4.69) is 13.8 Å². The van der Waals surface area contributed by atoms with E-state index in [1.165, 1.54) is 24.3 Å². The molecule has 4 aliphatic carbocycles. The first kappa shape index (κ1) is 31.0. The van der Waals surface area contributed by atoms with Gasteiger partial charge < -0.3 is 20.2 Å². The normalized spacial score (nSPS) is 38.0. The SMILES string of the molecule is C[C@H]1CC2C3CCC(C(=O)N4CC(CO)C4)C3(C)CC(O)[C@]2(F)C2(C)C=CC(=O)C=C12.O=C(O)c1cccc([N+](=O)[O-])c1. The van der Waals surface area contributed by atoms with E-state index in [0.29, 0.717) is 19.5 Å². The number of carbonyl (C=O) groups excluding carboxylic acids is 2. The van der Waals surface area contributed by atoms with Gasteiger partial charge in [0.05, 0.1) is 16.6 Å². The van der Waals surface area contributed by atoms with Gasteiger partial charge >= 0.3 is 5.97 Å². The number of ketones is 1. The Morgan fingerprint density at radius 2 is 1.88 bits per heavy atom. The fraction of sp³-hybridized carbons (Fsp3) is 0.594. The van der Waals surface area contributed by atoms with Crippen molar-refractivity contribution < 1.29 is 39.0 Å². The number of nitrogens with zero attached hydrogens (tertiary/aromatic N) is 2. The summed E-state index contributed by atoms with van der Waals surface area (Å²) in [4.78, 5) is 47.1. The molecule has 3 N–H and O–H groups in total. The van der Waals surface area contributed by atoms with Crippen molar-refractivity contribution in [1.29, 1.82) is 0 Å². The van der Waals surface area contributed by atoms with Gasteiger partial charge in [0.25, 0.3) is 5.69 Å². The number of rotatable bonds is 4. The number of non-ortho nitro benzene ring substituents is 1. The van der Waals surface area contributed by atoms with E-state index in [4.69, 9.17) is 5.11 Å². The molecule has 0 aromatic heterocycles. The van der Waals surface area contributed by atoms with Crippen molar-refractivity contribution >= 4 is 23.3 Å². The number of carbonyl (C=O) groups is 3. The number of nitro benzene ring substituents is 1. The predicted molar refractivity (Wildman–Crippen MR) is 154 cm³/mol. The van der Waals surface area contributed by atoms with Gasteiger partial charge in [-0.1, -0.05) is 31.6 Å². The van der Waals surface area contributed by atoms with Crippen LogP contribution in [0.3, 0.4) is 0 Å². The summed E-state index contributed by atoms with van der Waals surface area (Å²) < 4.78 is 17.1. The van der Waals surface area contributed by atoms with Crippen LogP contribution in [0.2, 0.25) is 0 Å². The lowest BCUT2D eigenvalue weighted by Crippen LogP contribution is -2.68. The number of amides is 1. The number of halogens is 1. The number of allylic oxidation sites excluding steroid dienone is 4. The highest BCUT2D eigenvalue weighted by Gasteiger charge is 2.71. The van der Waals surface area contributed by atoms with E-state index in [1.807, 2.05) is 11.8 Å². The Labute approximate surface area is 249 Å². The average molecular weight is 599 g/mol. The summed E-state index contributed by atoms with van der Waals surface area (Å²) in [7, 11) is 0. The minimum absolute atomic E-state index is 0.0246. The van der Waals surface area contributed by atoms with Crippen LogP contribution in [0.5, 0.6) is 0 Å². The molecule has 6 rings (SSSR count). The first-order chi connectivity index (χ1) is 20.2. The number of aliphatic hydroxyl groups excluding tert-OH is 2. The van der Waals surface area contributed by atoms with Gasteiger partial charge in [-0.25, -0.2) is 9.18 Å². The van der Waals surface area contributed by atoms with Crippen LogP contribution in [0.4, 0.5) is 10.1 Å². The molecule has 1 aromatic rings. The van der Waals surface area contributed by atoms with Crippen LogP contribution in [0.1, 0.15) is 56.8 Å². The van der Waals surface area contributed by atoms with E-state index in [9.17, 15) is 34.7 Å². The Morgan fingerprint density at radius 1 is 1.19 bits per heavy atom. The number of nitro groups is 1. The Kier molecular flexibility index (Phi) is 7.88. The molecule has 6 unspecified atom stereocenters. The number of likely N-dealkylation sites (tertiary alicyclic amines) is 1. The van der Waals surface area contributed by atoms with Crippen LogP contribution in [-0.2, 0) is 9.59 Å². The molecule has 0 spiro atoms. The van der Waals surface area contributed by atoms with Crippen LogP contribution in [0, 0.1) is 50.5 Å². The van der Waals surface area contributed by atoms with E-state index in [0.717, 1.165) is 24.5 Å². The predicted octanol–water partition coefficient (Wildman–Crippen LogP) is 3.96. The lowest BCUT2D eigenvalue weighted by Gasteiger charge is -2.63. The molecular formula is C32H39FN2O8. The molecule has 0 radical (unpaired) electrons. The number of hydrogen-bond acceptors (Lipinski definition) is 7. The molecule has 1 amide bonds. The zero-order chi connectivity index (χ0) is 31.5. The second-order valence-corrected chi connectivity index (χ2v) is 13.4. The number of aromatic carboxylic acids is 1. The second kappa shape index (κ2) is 10.9. The van der Waals surface area contributed by atoms with Crippen LogP contribution >= 0.6 is 0 Å². The quantitative estimate of drug-likeness (QED) is 0.347. The van der Waals surface area contributed by atoms with Crippen molar-refractivity contribution in [3.63, 3.8) is 0 Å². The maximum absolute atomic E-state index is 17.1. The number of fused-ring (bicyclic) bond motifs is 5. The average Bonchev–Trinajstić information content (AvgIpc) is 3.27. The number of aliphatic hydroxyl groups is 2. The molecule has 1 heterocycles. The Morgan fingerprint density at radius 3 is 2.51 bits per heavy atom. The van der Waals surface area contributed by atoms with Gasteiger partial charge in [-0.3, -0.25) is 19.7 Å². The molecule has 1 aliphatic heterocycles. The molecular weight excluding hydrogens is 559 g/mol. The van der Waals surface area contributed by atoms with Crippen molar-refractivity contribution in [2.75, 3.05) is 19.7 Å². The van der Waals surface area contributed by atoms with Crippen molar-refractivity contribution in [2.24, 2.45) is 40.4 Å². The van der Waals surface area contributed by atoms with Gasteiger partial charge in [-0.05, 0) is 68.1 Å². The highest BCUT2D eigenvalue weighted by atomic mass is 19.1. The molecule has 0 bridgehead atoms. The number of carboxylic acids is 1. The molecule has 8 atom stereocenters. The lowest BCUT2D eigenvalue weighted by atomic mass is 9.43. The van der Waals surface area contributed by atoms with Gasteiger partial charge in [-0.15, -0.1) is 0 Å². The summed E-state index contributed by atoms with van der Waals surface area (Å²) in [5.74, 6) is -1.50. The number of carboxylic acid groups (broad SMARTS) is 1. The topological polar surface area (TPSA) is 158 Å². The molecule has 1 aromatic carbocycles. The fourth-order valence-corrected chi connectivity index (χ4v) is 8.84. The Balaban J connectivity index is 0.000000259. The van der Waals surface area contributed by atoms with E-state index in [-0.39, 0.29) is 65.6 Å². The van der Waals surface area contributed by atoms with Crippen LogP contribution in [0.15, 0.2) is 48.1 Å². The smallest absolute Gasteiger partial charge is 0.335 e. The van der Waals surface area contributed by atoms with Gasteiger partial charge in [-0.2, -0.15) is 0 Å². The minimum atomic E-state index is -1.84. The Hall–Kier alpha value is -3.44. The van der Waals surface area contributed by atoms with Crippen molar-refractivity contribution in [2.45, 2.75) is 58.2 Å². The molecule has 1 saturated heterocycles. The second-order valence-electron chi connectivity index (χ2n) is 13.4. The summed E-state index contributed by atoms with van der Waals surface area (Å²) >= 11 is 0. The molecule has 232 valence electrons. The lowest BCUT2D eigenvalue weighted by molar-refractivity contribution is -0.384. The maximum Gasteiger partial charge on any atom is 0.335 e. The Bertz CT molecular complexity index is 1380. The maximum atomic E-state index is 17.1. The zero-order valence-corrected chi connectivity index (χ0v) is 24.6. The van der Waals surface area contributed by atoms with Crippen LogP contribution < -0.4 is 0 Å². The number of alkyl halides is 1. The van der Waals surface area contributed by atoms with E-state index >= 15 is 4.39 Å². The third-order valence-corrected chi connectivity index (χ3v) is 11.1. The van der Waals surface area contributed by atoms with Crippen molar-refractivity contribution in [1.82, 2.24) is 4.90 Å². The molecule has 11 heteroatoms. The monoisotopic (exact) mass is 598 g/mol. The van der Waals surface area contributed by atoms with Crippen LogP contribution in [-0.4, -0.2) is 74.3 Å². The van der Waals surface area contributed by atoms with Crippen molar-refractivity contribution in [3.05, 3.63) is 63.7 Å². The van der Waals surface area contributed by atoms with Crippen molar-refractivity contribution in [3.8, 4) is 0 Å². The van der Waals surface area contributed by atoms with Gasteiger partial charge in [0.15, 0.2) is 11.5 Å². The zero-order valence-electron chi connectivity index (χ0n) is 24.6. The summed E-state index contributed by atoms with van der Waals surface area (Å²) in [6, 6.07) is 4.89.